The number of amides is 4. The Bertz CT molecular complexity index is 1080. The van der Waals surface area contributed by atoms with Gasteiger partial charge in [-0.05, 0) is 48.5 Å². The van der Waals surface area contributed by atoms with Crippen LogP contribution in [-0.4, -0.2) is 35.6 Å². The van der Waals surface area contributed by atoms with E-state index in [0.717, 1.165) is 34.1 Å². The molecule has 0 bridgehead atoms. The molecule has 0 atom stereocenters. The van der Waals surface area contributed by atoms with Crippen LogP contribution in [0.25, 0.3) is 0 Å². The molecule has 0 saturated heterocycles. The van der Waals surface area contributed by atoms with Crippen LogP contribution < -0.4 is 9.80 Å². The number of imide groups is 2. The molecule has 9 nitrogen and oxygen atoms in total. The summed E-state index contributed by atoms with van der Waals surface area (Å²) in [4.78, 5) is 73.1. The van der Waals surface area contributed by atoms with Crippen LogP contribution >= 0.6 is 0 Å². The molecule has 9 heteroatoms. The Balaban J connectivity index is 1.42. The highest BCUT2D eigenvalue weighted by atomic mass is 16.6. The summed E-state index contributed by atoms with van der Waals surface area (Å²) < 4.78 is 4.84. The van der Waals surface area contributed by atoms with Crippen LogP contribution in [0.5, 0.6) is 0 Å². The van der Waals surface area contributed by atoms with Gasteiger partial charge in [-0.3, -0.25) is 19.2 Å². The lowest BCUT2D eigenvalue weighted by Gasteiger charge is -2.14. The van der Waals surface area contributed by atoms with Gasteiger partial charge in [0.1, 0.15) is 0 Å². The third-order valence-corrected chi connectivity index (χ3v) is 4.53. The lowest BCUT2D eigenvalue weighted by Crippen LogP contribution is -2.29. The second-order valence-electron chi connectivity index (χ2n) is 6.46. The molecule has 0 aliphatic carbocycles. The number of benzene rings is 2. The number of carbonyl (C=O) groups is 6. The van der Waals surface area contributed by atoms with Gasteiger partial charge >= 0.3 is 11.9 Å². The van der Waals surface area contributed by atoms with Crippen molar-refractivity contribution < 1.29 is 33.5 Å². The van der Waals surface area contributed by atoms with Gasteiger partial charge in [0.15, 0.2) is 0 Å². The Hall–Kier alpha value is -4.66. The number of carbonyl (C=O) groups excluding carboxylic acids is 6. The molecule has 0 radical (unpaired) electrons. The smallest absolute Gasteiger partial charge is 0.346 e. The van der Waals surface area contributed by atoms with Crippen molar-refractivity contribution in [1.82, 2.24) is 0 Å². The summed E-state index contributed by atoms with van der Waals surface area (Å²) in [6, 6.07) is 10.8. The Kier molecular flexibility index (Phi) is 4.84. The van der Waals surface area contributed by atoms with E-state index in [-0.39, 0.29) is 22.5 Å². The van der Waals surface area contributed by atoms with E-state index >= 15 is 0 Å². The van der Waals surface area contributed by atoms with Crippen molar-refractivity contribution in [2.75, 3.05) is 9.80 Å². The lowest BCUT2D eigenvalue weighted by molar-refractivity contribution is -0.121. The maximum atomic E-state index is 12.2. The van der Waals surface area contributed by atoms with E-state index in [1.807, 2.05) is 0 Å². The molecule has 0 aromatic heterocycles. The molecule has 0 fully saturated rings. The molecule has 31 heavy (non-hydrogen) atoms. The quantitative estimate of drug-likeness (QED) is 0.421. The van der Waals surface area contributed by atoms with E-state index < -0.39 is 35.6 Å². The number of hydrogen-bond acceptors (Lipinski definition) is 7. The summed E-state index contributed by atoms with van der Waals surface area (Å²) in [6.45, 7) is 0. The Morgan fingerprint density at radius 2 is 0.806 bits per heavy atom. The predicted molar refractivity (Wildman–Crippen MR) is 106 cm³/mol. The number of ether oxygens (including phenoxy) is 1. The van der Waals surface area contributed by atoms with Gasteiger partial charge < -0.3 is 4.74 Å². The first kappa shape index (κ1) is 19.6. The summed E-state index contributed by atoms with van der Waals surface area (Å²) in [5, 5.41) is 0. The molecule has 4 rings (SSSR count). The van der Waals surface area contributed by atoms with Crippen LogP contribution in [0.15, 0.2) is 72.8 Å². The van der Waals surface area contributed by atoms with Crippen LogP contribution in [0.4, 0.5) is 11.4 Å². The number of rotatable bonds is 4. The Morgan fingerprint density at radius 3 is 1.10 bits per heavy atom. The first-order chi connectivity index (χ1) is 14.8. The standard InChI is InChI=1S/C22H12N2O7/c25-17-9-10-18(26)23(17)15-5-1-13(2-6-15)21(29)31-22(30)14-3-7-16(8-4-14)24-19(27)11-12-20(24)28/h1-12H. The fraction of sp³-hybridized carbons (Fsp3) is 0. The van der Waals surface area contributed by atoms with Crippen molar-refractivity contribution in [3.63, 3.8) is 0 Å². The van der Waals surface area contributed by atoms with Gasteiger partial charge in [-0.25, -0.2) is 19.4 Å². The maximum absolute atomic E-state index is 12.2. The molecule has 0 unspecified atom stereocenters. The van der Waals surface area contributed by atoms with E-state index in [2.05, 4.69) is 0 Å². The molecule has 0 saturated carbocycles. The molecule has 2 aromatic rings. The maximum Gasteiger partial charge on any atom is 0.346 e. The van der Waals surface area contributed by atoms with E-state index in [4.69, 9.17) is 4.74 Å². The van der Waals surface area contributed by atoms with Gasteiger partial charge in [-0.1, -0.05) is 0 Å². The molecule has 0 spiro atoms. The van der Waals surface area contributed by atoms with Gasteiger partial charge in [-0.2, -0.15) is 0 Å². The van der Waals surface area contributed by atoms with E-state index in [1.165, 1.54) is 48.5 Å². The zero-order chi connectivity index (χ0) is 22.1. The first-order valence-corrected chi connectivity index (χ1v) is 8.94. The number of hydrogen-bond donors (Lipinski definition) is 0. The molecular weight excluding hydrogens is 404 g/mol. The van der Waals surface area contributed by atoms with Gasteiger partial charge in [0.2, 0.25) is 0 Å². The summed E-state index contributed by atoms with van der Waals surface area (Å²) in [5.41, 5.74) is 0.637. The zero-order valence-corrected chi connectivity index (χ0v) is 15.7. The average Bonchev–Trinajstić information content (AvgIpc) is 3.28. The van der Waals surface area contributed by atoms with Crippen molar-refractivity contribution in [3.8, 4) is 0 Å². The molecule has 4 amide bonds. The Labute approximate surface area is 174 Å². The monoisotopic (exact) mass is 416 g/mol. The minimum Gasteiger partial charge on any atom is -0.386 e. The molecule has 0 N–H and O–H groups in total. The highest BCUT2D eigenvalue weighted by Crippen LogP contribution is 2.21. The molecule has 2 aromatic carbocycles. The topological polar surface area (TPSA) is 118 Å². The SMILES string of the molecule is O=C(OC(=O)c1ccc(N2C(=O)C=CC2=O)cc1)c1ccc(N2C(=O)C=CC2=O)cc1. The van der Waals surface area contributed by atoms with Crippen LogP contribution in [-0.2, 0) is 23.9 Å². The third-order valence-electron chi connectivity index (χ3n) is 4.53. The lowest BCUT2D eigenvalue weighted by atomic mass is 10.2. The van der Waals surface area contributed by atoms with Crippen molar-refractivity contribution in [1.29, 1.82) is 0 Å². The van der Waals surface area contributed by atoms with E-state index in [9.17, 15) is 28.8 Å². The third kappa shape index (κ3) is 3.67. The van der Waals surface area contributed by atoms with E-state index in [1.54, 1.807) is 0 Å². The fourth-order valence-electron chi connectivity index (χ4n) is 3.00. The van der Waals surface area contributed by atoms with E-state index in [0.29, 0.717) is 0 Å². The summed E-state index contributed by atoms with van der Waals surface area (Å²) in [5.74, 6) is -3.82. The average molecular weight is 416 g/mol. The van der Waals surface area contributed by atoms with Crippen molar-refractivity contribution in [2.45, 2.75) is 0 Å². The summed E-state index contributed by atoms with van der Waals surface area (Å²) >= 11 is 0. The first-order valence-electron chi connectivity index (χ1n) is 8.94. The minimum absolute atomic E-state index is 0.0418. The predicted octanol–water partition coefficient (Wildman–Crippen LogP) is 1.54. The van der Waals surface area contributed by atoms with Crippen molar-refractivity contribution in [2.24, 2.45) is 0 Å². The molecule has 2 heterocycles. The number of anilines is 2. The largest absolute Gasteiger partial charge is 0.386 e. The van der Waals surface area contributed by atoms with Crippen LogP contribution in [0.3, 0.4) is 0 Å². The van der Waals surface area contributed by atoms with Gasteiger partial charge in [0.05, 0.1) is 22.5 Å². The highest BCUT2D eigenvalue weighted by molar-refractivity contribution is 6.28. The van der Waals surface area contributed by atoms with Crippen LogP contribution in [0.1, 0.15) is 20.7 Å². The van der Waals surface area contributed by atoms with Gasteiger partial charge in [0.25, 0.3) is 23.6 Å². The Morgan fingerprint density at radius 1 is 0.516 bits per heavy atom. The highest BCUT2D eigenvalue weighted by Gasteiger charge is 2.26. The minimum atomic E-state index is -0.924. The summed E-state index contributed by atoms with van der Waals surface area (Å²) in [7, 11) is 0. The second-order valence-corrected chi connectivity index (χ2v) is 6.46. The molecular formula is C22H12N2O7. The van der Waals surface area contributed by atoms with Crippen LogP contribution in [0.2, 0.25) is 0 Å². The van der Waals surface area contributed by atoms with Gasteiger partial charge in [0, 0.05) is 24.3 Å². The van der Waals surface area contributed by atoms with Crippen molar-refractivity contribution >= 4 is 46.9 Å². The van der Waals surface area contributed by atoms with Crippen molar-refractivity contribution in [3.05, 3.63) is 84.0 Å². The summed E-state index contributed by atoms with van der Waals surface area (Å²) in [6.07, 6.45) is 4.56. The molecule has 152 valence electrons. The number of esters is 2. The fourth-order valence-corrected chi connectivity index (χ4v) is 3.00. The normalized spacial score (nSPS) is 15.2. The van der Waals surface area contributed by atoms with Crippen LogP contribution in [0, 0.1) is 0 Å². The van der Waals surface area contributed by atoms with Gasteiger partial charge in [-0.15, -0.1) is 0 Å². The zero-order valence-electron chi connectivity index (χ0n) is 15.7. The molecule has 2 aliphatic heterocycles. The molecule has 2 aliphatic rings. The number of nitrogens with zero attached hydrogens (tertiary/aromatic N) is 2. The second kappa shape index (κ2) is 7.64.